The van der Waals surface area contributed by atoms with E-state index in [-0.39, 0.29) is 5.25 Å². The van der Waals surface area contributed by atoms with Gasteiger partial charge >= 0.3 is 0 Å². The fourth-order valence-corrected chi connectivity index (χ4v) is 3.82. The zero-order valence-electron chi connectivity index (χ0n) is 13.9. The Kier molecular flexibility index (Phi) is 6.70. The van der Waals surface area contributed by atoms with Gasteiger partial charge in [0.1, 0.15) is 0 Å². The first-order valence-electron chi connectivity index (χ1n) is 8.03. The zero-order chi connectivity index (χ0) is 15.9. The molecule has 0 bridgehead atoms. The van der Waals surface area contributed by atoms with Crippen LogP contribution in [0.5, 0.6) is 0 Å². The third-order valence-electron chi connectivity index (χ3n) is 4.27. The SMILES string of the molecule is CC[C@@H](SC)C(=O)N1CC[C@@H](CN(C)Cc2cccnc2)C1. The van der Waals surface area contributed by atoms with Crippen LogP contribution in [-0.4, -0.2) is 58.9 Å². The lowest BCUT2D eigenvalue weighted by Crippen LogP contribution is -2.36. The van der Waals surface area contributed by atoms with E-state index in [2.05, 4.69) is 34.8 Å². The Hall–Kier alpha value is -1.07. The van der Waals surface area contributed by atoms with Gasteiger partial charge in [-0.15, -0.1) is 0 Å². The van der Waals surface area contributed by atoms with Gasteiger partial charge in [-0.1, -0.05) is 13.0 Å². The van der Waals surface area contributed by atoms with Gasteiger partial charge in [0.05, 0.1) is 5.25 Å². The highest BCUT2D eigenvalue weighted by Crippen LogP contribution is 2.22. The number of carbonyl (C=O) groups excluding carboxylic acids is 1. The Balaban J connectivity index is 1.79. The fraction of sp³-hybridized carbons (Fsp3) is 0.647. The summed E-state index contributed by atoms with van der Waals surface area (Å²) >= 11 is 1.67. The summed E-state index contributed by atoms with van der Waals surface area (Å²) in [6, 6.07) is 4.09. The number of pyridine rings is 1. The number of rotatable bonds is 7. The van der Waals surface area contributed by atoms with Crippen molar-refractivity contribution in [2.45, 2.75) is 31.6 Å². The molecule has 2 atom stereocenters. The lowest BCUT2D eigenvalue weighted by atomic mass is 10.1. The summed E-state index contributed by atoms with van der Waals surface area (Å²) in [5.74, 6) is 0.914. The first kappa shape index (κ1) is 17.3. The van der Waals surface area contributed by atoms with Crippen molar-refractivity contribution in [2.24, 2.45) is 5.92 Å². The van der Waals surface area contributed by atoms with Gasteiger partial charge in [0, 0.05) is 38.6 Å². The van der Waals surface area contributed by atoms with Gasteiger partial charge in [-0.05, 0) is 43.7 Å². The van der Waals surface area contributed by atoms with E-state index in [1.165, 1.54) is 5.56 Å². The van der Waals surface area contributed by atoms with Crippen LogP contribution in [-0.2, 0) is 11.3 Å². The van der Waals surface area contributed by atoms with Gasteiger partial charge < -0.3 is 9.80 Å². The van der Waals surface area contributed by atoms with Crippen molar-refractivity contribution in [1.29, 1.82) is 0 Å². The predicted molar refractivity (Wildman–Crippen MR) is 92.9 cm³/mol. The summed E-state index contributed by atoms with van der Waals surface area (Å²) in [5, 5.41) is 0.131. The van der Waals surface area contributed by atoms with Gasteiger partial charge in [-0.25, -0.2) is 0 Å². The number of nitrogens with zero attached hydrogens (tertiary/aromatic N) is 3. The van der Waals surface area contributed by atoms with Crippen molar-refractivity contribution in [3.63, 3.8) is 0 Å². The van der Waals surface area contributed by atoms with Crippen molar-refractivity contribution in [3.05, 3.63) is 30.1 Å². The minimum atomic E-state index is 0.131. The molecule has 0 radical (unpaired) electrons. The van der Waals surface area contributed by atoms with E-state index in [4.69, 9.17) is 0 Å². The number of hydrogen-bond acceptors (Lipinski definition) is 4. The van der Waals surface area contributed by atoms with Crippen LogP contribution in [0, 0.1) is 5.92 Å². The van der Waals surface area contributed by atoms with Crippen LogP contribution in [0.25, 0.3) is 0 Å². The second kappa shape index (κ2) is 8.53. The topological polar surface area (TPSA) is 36.4 Å². The molecule has 0 saturated carbocycles. The van der Waals surface area contributed by atoms with E-state index in [0.29, 0.717) is 11.8 Å². The van der Waals surface area contributed by atoms with Crippen molar-refractivity contribution in [2.75, 3.05) is 32.9 Å². The summed E-state index contributed by atoms with van der Waals surface area (Å²) in [6.45, 7) is 5.87. The first-order valence-corrected chi connectivity index (χ1v) is 9.31. The first-order chi connectivity index (χ1) is 10.6. The molecular weight excluding hydrogens is 294 g/mol. The van der Waals surface area contributed by atoms with Gasteiger partial charge in [-0.3, -0.25) is 9.78 Å². The van der Waals surface area contributed by atoms with Crippen molar-refractivity contribution in [1.82, 2.24) is 14.8 Å². The van der Waals surface area contributed by atoms with E-state index in [0.717, 1.165) is 39.0 Å². The largest absolute Gasteiger partial charge is 0.341 e. The molecule has 1 aliphatic rings. The summed E-state index contributed by atoms with van der Waals surface area (Å²) in [6.07, 6.45) is 7.79. The Labute approximate surface area is 138 Å². The number of amides is 1. The molecule has 1 fully saturated rings. The molecule has 1 amide bonds. The van der Waals surface area contributed by atoms with Gasteiger partial charge in [0.15, 0.2) is 0 Å². The number of thioether (sulfide) groups is 1. The number of hydrogen-bond donors (Lipinski definition) is 0. The summed E-state index contributed by atoms with van der Waals surface area (Å²) in [7, 11) is 2.15. The normalized spacial score (nSPS) is 19.6. The maximum absolute atomic E-state index is 12.4. The summed E-state index contributed by atoms with van der Waals surface area (Å²) < 4.78 is 0. The van der Waals surface area contributed by atoms with Crippen LogP contribution in [0.3, 0.4) is 0 Å². The van der Waals surface area contributed by atoms with Crippen LogP contribution >= 0.6 is 11.8 Å². The van der Waals surface area contributed by atoms with Crippen molar-refractivity contribution in [3.8, 4) is 0 Å². The van der Waals surface area contributed by atoms with E-state index in [1.54, 1.807) is 18.0 Å². The lowest BCUT2D eigenvalue weighted by molar-refractivity contribution is -0.129. The van der Waals surface area contributed by atoms with Crippen molar-refractivity contribution < 1.29 is 4.79 Å². The average Bonchev–Trinajstić information content (AvgIpc) is 2.97. The summed E-state index contributed by atoms with van der Waals surface area (Å²) in [4.78, 5) is 21.0. The minimum Gasteiger partial charge on any atom is -0.341 e. The molecule has 1 aromatic rings. The minimum absolute atomic E-state index is 0.131. The zero-order valence-corrected chi connectivity index (χ0v) is 14.7. The van der Waals surface area contributed by atoms with E-state index >= 15 is 0 Å². The molecule has 1 aromatic heterocycles. The standard InChI is InChI=1S/C17H27N3OS/c1-4-16(22-3)17(21)20-9-7-15(13-20)12-19(2)11-14-6-5-8-18-10-14/h5-6,8,10,15-16H,4,7,9,11-13H2,1-3H3/t15-,16+/m0/s1. The molecule has 0 aliphatic carbocycles. The second-order valence-electron chi connectivity index (χ2n) is 6.13. The second-order valence-corrected chi connectivity index (χ2v) is 7.17. The summed E-state index contributed by atoms with van der Waals surface area (Å²) in [5.41, 5.74) is 1.24. The average molecular weight is 321 g/mol. The third-order valence-corrected chi connectivity index (χ3v) is 5.38. The number of carbonyl (C=O) groups is 1. The van der Waals surface area contributed by atoms with Crippen LogP contribution in [0.4, 0.5) is 0 Å². The maximum Gasteiger partial charge on any atom is 0.235 e. The Morgan fingerprint density at radius 1 is 1.59 bits per heavy atom. The lowest BCUT2D eigenvalue weighted by Gasteiger charge is -2.23. The van der Waals surface area contributed by atoms with Gasteiger partial charge in [0.2, 0.25) is 5.91 Å². The molecule has 0 aromatic carbocycles. The highest BCUT2D eigenvalue weighted by atomic mass is 32.2. The smallest absolute Gasteiger partial charge is 0.235 e. The fourth-order valence-electron chi connectivity index (χ4n) is 3.14. The molecule has 0 N–H and O–H groups in total. The van der Waals surface area contributed by atoms with Gasteiger partial charge in [0.25, 0.3) is 0 Å². The van der Waals surface area contributed by atoms with Crippen LogP contribution in [0.1, 0.15) is 25.3 Å². The van der Waals surface area contributed by atoms with Crippen LogP contribution in [0.2, 0.25) is 0 Å². The van der Waals surface area contributed by atoms with Crippen molar-refractivity contribution >= 4 is 17.7 Å². The van der Waals surface area contributed by atoms with Crippen LogP contribution in [0.15, 0.2) is 24.5 Å². The highest BCUT2D eigenvalue weighted by molar-refractivity contribution is 7.99. The highest BCUT2D eigenvalue weighted by Gasteiger charge is 2.30. The monoisotopic (exact) mass is 321 g/mol. The van der Waals surface area contributed by atoms with Crippen LogP contribution < -0.4 is 0 Å². The molecule has 0 spiro atoms. The molecule has 2 rings (SSSR count). The molecule has 22 heavy (non-hydrogen) atoms. The Morgan fingerprint density at radius 2 is 2.41 bits per heavy atom. The molecule has 0 unspecified atom stereocenters. The molecule has 2 heterocycles. The van der Waals surface area contributed by atoms with E-state index in [1.807, 2.05) is 18.5 Å². The predicted octanol–water partition coefficient (Wildman–Crippen LogP) is 2.50. The van der Waals surface area contributed by atoms with E-state index < -0.39 is 0 Å². The Morgan fingerprint density at radius 3 is 3.05 bits per heavy atom. The van der Waals surface area contributed by atoms with E-state index in [9.17, 15) is 4.79 Å². The van der Waals surface area contributed by atoms with Gasteiger partial charge in [-0.2, -0.15) is 11.8 Å². The maximum atomic E-state index is 12.4. The molecule has 1 aliphatic heterocycles. The molecule has 1 saturated heterocycles. The molecule has 5 heteroatoms. The third kappa shape index (κ3) is 4.71. The molecule has 122 valence electrons. The molecular formula is C17H27N3OS. The number of aromatic nitrogens is 1. The quantitative estimate of drug-likeness (QED) is 0.773. The molecule has 4 nitrogen and oxygen atoms in total. The number of likely N-dealkylation sites (tertiary alicyclic amines) is 1. The Bertz CT molecular complexity index is 464.